The van der Waals surface area contributed by atoms with E-state index in [4.69, 9.17) is 0 Å². The van der Waals surface area contributed by atoms with Crippen molar-refractivity contribution >= 4 is 5.91 Å². The van der Waals surface area contributed by atoms with E-state index < -0.39 is 0 Å². The maximum absolute atomic E-state index is 12.2. The van der Waals surface area contributed by atoms with E-state index in [0.29, 0.717) is 0 Å². The van der Waals surface area contributed by atoms with Crippen molar-refractivity contribution in [3.63, 3.8) is 0 Å². The van der Waals surface area contributed by atoms with Gasteiger partial charge in [0.2, 0.25) is 5.91 Å². The van der Waals surface area contributed by atoms with Gasteiger partial charge in [0.1, 0.15) is 0 Å². The molecule has 100 valence electrons. The van der Waals surface area contributed by atoms with Crippen LogP contribution in [-0.4, -0.2) is 61.0 Å². The van der Waals surface area contributed by atoms with Crippen molar-refractivity contribution in [1.82, 2.24) is 15.1 Å². The molecule has 17 heavy (non-hydrogen) atoms. The van der Waals surface area contributed by atoms with Crippen LogP contribution in [0.15, 0.2) is 0 Å². The molecule has 4 nitrogen and oxygen atoms in total. The molecule has 1 saturated heterocycles. The Morgan fingerprint density at radius 2 is 2.12 bits per heavy atom. The highest BCUT2D eigenvalue weighted by Crippen LogP contribution is 2.18. The molecule has 1 rings (SSSR count). The minimum Gasteiger partial charge on any atom is -0.339 e. The number of likely N-dealkylation sites (tertiary alicyclic amines) is 1. The summed E-state index contributed by atoms with van der Waals surface area (Å²) < 4.78 is 0. The van der Waals surface area contributed by atoms with Crippen LogP contribution < -0.4 is 5.32 Å². The van der Waals surface area contributed by atoms with Crippen molar-refractivity contribution in [2.45, 2.75) is 45.2 Å². The normalized spacial score (nSPS) is 21.6. The zero-order valence-corrected chi connectivity index (χ0v) is 11.9. The van der Waals surface area contributed by atoms with Gasteiger partial charge < -0.3 is 15.1 Å². The number of carbonyl (C=O) groups excluding carboxylic acids is 1. The molecule has 1 heterocycles. The summed E-state index contributed by atoms with van der Waals surface area (Å²) in [4.78, 5) is 16.3. The molecule has 0 aromatic heterocycles. The highest BCUT2D eigenvalue weighted by atomic mass is 16.2. The van der Waals surface area contributed by atoms with E-state index in [1.807, 2.05) is 4.90 Å². The second-order valence-electron chi connectivity index (χ2n) is 5.76. The van der Waals surface area contributed by atoms with E-state index in [1.54, 1.807) is 0 Å². The van der Waals surface area contributed by atoms with Crippen molar-refractivity contribution in [3.8, 4) is 0 Å². The number of nitrogens with zero attached hydrogens (tertiary/aromatic N) is 2. The Bertz CT molecular complexity index is 263. The standard InChI is InChI=1S/C13H27N3O/c1-6-8-14-11-7-9-16(12(11)17)10-13(2,3)15(4)5/h11,14H,6-10H2,1-5H3. The van der Waals surface area contributed by atoms with Crippen LogP contribution in [0.5, 0.6) is 0 Å². The van der Waals surface area contributed by atoms with Gasteiger partial charge in [0.25, 0.3) is 0 Å². The summed E-state index contributed by atoms with van der Waals surface area (Å²) in [7, 11) is 4.13. The van der Waals surface area contributed by atoms with E-state index in [9.17, 15) is 4.79 Å². The fourth-order valence-corrected chi connectivity index (χ4v) is 2.01. The Hall–Kier alpha value is -0.610. The molecular weight excluding hydrogens is 214 g/mol. The number of nitrogens with one attached hydrogen (secondary N) is 1. The molecule has 0 spiro atoms. The van der Waals surface area contributed by atoms with Crippen LogP contribution >= 0.6 is 0 Å². The lowest BCUT2D eigenvalue weighted by atomic mass is 10.0. The van der Waals surface area contributed by atoms with Gasteiger partial charge in [-0.1, -0.05) is 6.92 Å². The number of amides is 1. The van der Waals surface area contributed by atoms with E-state index in [-0.39, 0.29) is 17.5 Å². The van der Waals surface area contributed by atoms with Crippen LogP contribution in [-0.2, 0) is 4.79 Å². The van der Waals surface area contributed by atoms with Crippen molar-refractivity contribution in [2.24, 2.45) is 0 Å². The van der Waals surface area contributed by atoms with E-state index in [0.717, 1.165) is 32.5 Å². The highest BCUT2D eigenvalue weighted by molar-refractivity contribution is 5.84. The maximum Gasteiger partial charge on any atom is 0.239 e. The van der Waals surface area contributed by atoms with E-state index >= 15 is 0 Å². The SMILES string of the molecule is CCCNC1CCN(CC(C)(C)N(C)C)C1=O. The van der Waals surface area contributed by atoms with Crippen molar-refractivity contribution in [2.75, 3.05) is 33.7 Å². The average Bonchev–Trinajstić information content (AvgIpc) is 2.57. The Balaban J connectivity index is 2.50. The smallest absolute Gasteiger partial charge is 0.239 e. The predicted octanol–water partition coefficient (Wildman–Crippen LogP) is 0.927. The van der Waals surface area contributed by atoms with Crippen molar-refractivity contribution in [1.29, 1.82) is 0 Å². The Kier molecular flexibility index (Phi) is 4.95. The Morgan fingerprint density at radius 1 is 1.47 bits per heavy atom. The van der Waals surface area contributed by atoms with Gasteiger partial charge in [0.15, 0.2) is 0 Å². The Morgan fingerprint density at radius 3 is 2.65 bits per heavy atom. The first kappa shape index (κ1) is 14.5. The first-order chi connectivity index (χ1) is 7.88. The minimum atomic E-state index is 0.0370. The molecule has 0 bridgehead atoms. The molecule has 1 aliphatic heterocycles. The molecule has 0 radical (unpaired) electrons. The van der Waals surface area contributed by atoms with Gasteiger partial charge >= 0.3 is 0 Å². The lowest BCUT2D eigenvalue weighted by Crippen LogP contribution is -2.50. The summed E-state index contributed by atoms with van der Waals surface area (Å²) in [5.41, 5.74) is 0.0370. The van der Waals surface area contributed by atoms with Crippen LogP contribution in [0.4, 0.5) is 0 Å². The molecule has 0 aromatic rings. The summed E-state index contributed by atoms with van der Waals surface area (Å²) in [5, 5.41) is 3.32. The lowest BCUT2D eigenvalue weighted by molar-refractivity contribution is -0.130. The average molecular weight is 241 g/mol. The van der Waals surface area contributed by atoms with Crippen molar-refractivity contribution < 1.29 is 4.79 Å². The number of carbonyl (C=O) groups is 1. The second-order valence-corrected chi connectivity index (χ2v) is 5.76. The van der Waals surface area contributed by atoms with Crippen LogP contribution in [0, 0.1) is 0 Å². The van der Waals surface area contributed by atoms with Gasteiger partial charge in [0, 0.05) is 18.6 Å². The molecular formula is C13H27N3O. The zero-order chi connectivity index (χ0) is 13.1. The third-order valence-corrected chi connectivity index (χ3v) is 3.73. The van der Waals surface area contributed by atoms with Crippen LogP contribution in [0.1, 0.15) is 33.6 Å². The van der Waals surface area contributed by atoms with Crippen LogP contribution in [0.3, 0.4) is 0 Å². The summed E-state index contributed by atoms with van der Waals surface area (Å²) in [6, 6.07) is 0.0490. The molecule has 0 aliphatic carbocycles. The predicted molar refractivity (Wildman–Crippen MR) is 71.0 cm³/mol. The lowest BCUT2D eigenvalue weighted by Gasteiger charge is -2.36. The highest BCUT2D eigenvalue weighted by Gasteiger charge is 2.34. The van der Waals surface area contributed by atoms with Crippen LogP contribution in [0.25, 0.3) is 0 Å². The maximum atomic E-state index is 12.2. The minimum absolute atomic E-state index is 0.0370. The number of likely N-dealkylation sites (N-methyl/N-ethyl adjacent to an activating group) is 1. The number of rotatable bonds is 6. The van der Waals surface area contributed by atoms with Crippen LogP contribution in [0.2, 0.25) is 0 Å². The van der Waals surface area contributed by atoms with Crippen molar-refractivity contribution in [3.05, 3.63) is 0 Å². The monoisotopic (exact) mass is 241 g/mol. The van der Waals surface area contributed by atoms with Gasteiger partial charge in [-0.25, -0.2) is 0 Å². The van der Waals surface area contributed by atoms with Gasteiger partial charge in [0.05, 0.1) is 6.04 Å². The first-order valence-corrected chi connectivity index (χ1v) is 6.58. The summed E-state index contributed by atoms with van der Waals surface area (Å²) in [5.74, 6) is 0.272. The fourth-order valence-electron chi connectivity index (χ4n) is 2.01. The van der Waals surface area contributed by atoms with E-state index in [1.165, 1.54) is 0 Å². The quantitative estimate of drug-likeness (QED) is 0.751. The van der Waals surface area contributed by atoms with Gasteiger partial charge in [-0.2, -0.15) is 0 Å². The molecule has 1 aliphatic rings. The third-order valence-electron chi connectivity index (χ3n) is 3.73. The first-order valence-electron chi connectivity index (χ1n) is 6.58. The second kappa shape index (κ2) is 5.83. The molecule has 4 heteroatoms. The van der Waals surface area contributed by atoms with Gasteiger partial charge in [-0.3, -0.25) is 4.79 Å². The molecule has 1 fully saturated rings. The van der Waals surface area contributed by atoms with E-state index in [2.05, 4.69) is 45.1 Å². The molecule has 1 atom stereocenters. The summed E-state index contributed by atoms with van der Waals surface area (Å²) in [6.45, 7) is 9.10. The summed E-state index contributed by atoms with van der Waals surface area (Å²) >= 11 is 0. The molecule has 1 N–H and O–H groups in total. The fraction of sp³-hybridized carbons (Fsp3) is 0.923. The zero-order valence-electron chi connectivity index (χ0n) is 11.9. The number of hydrogen-bond acceptors (Lipinski definition) is 3. The molecule has 1 unspecified atom stereocenters. The Labute approximate surface area is 105 Å². The van der Waals surface area contributed by atoms with Gasteiger partial charge in [-0.15, -0.1) is 0 Å². The largest absolute Gasteiger partial charge is 0.339 e. The third kappa shape index (κ3) is 3.68. The molecule has 0 aromatic carbocycles. The van der Waals surface area contributed by atoms with Gasteiger partial charge in [-0.05, 0) is 47.3 Å². The molecule has 1 amide bonds. The topological polar surface area (TPSA) is 35.6 Å². The number of hydrogen-bond donors (Lipinski definition) is 1. The summed E-state index contributed by atoms with van der Waals surface area (Å²) in [6.07, 6.45) is 2.02. The molecule has 0 saturated carbocycles.